The van der Waals surface area contributed by atoms with Gasteiger partial charge in [-0.25, -0.2) is 4.98 Å². The molecule has 1 fully saturated rings. The van der Waals surface area contributed by atoms with Gasteiger partial charge in [0, 0.05) is 36.8 Å². The Morgan fingerprint density at radius 2 is 1.97 bits per heavy atom. The summed E-state index contributed by atoms with van der Waals surface area (Å²) in [6, 6.07) is 5.96. The van der Waals surface area contributed by atoms with Crippen LogP contribution in [-0.2, 0) is 15.0 Å². The van der Waals surface area contributed by atoms with Crippen LogP contribution in [0.2, 0.25) is 5.02 Å². The van der Waals surface area contributed by atoms with Gasteiger partial charge in [0.05, 0.1) is 6.20 Å². The monoisotopic (exact) mass is 470 g/mol. The molecule has 9 heteroatoms. The lowest BCUT2D eigenvalue weighted by Crippen LogP contribution is -2.48. The SMILES string of the molecule is CC(=O)N[C@@H]1CCCC[C@H]1Nc1nc(Nc2ccc3c(c2)C(C)(C)CCC(=O)N3)ncc1Cl. The van der Waals surface area contributed by atoms with Crippen molar-refractivity contribution in [2.24, 2.45) is 0 Å². The third-order valence-electron chi connectivity index (χ3n) is 6.48. The smallest absolute Gasteiger partial charge is 0.229 e. The van der Waals surface area contributed by atoms with Crippen LogP contribution in [0.3, 0.4) is 0 Å². The van der Waals surface area contributed by atoms with E-state index >= 15 is 0 Å². The molecule has 2 aromatic rings. The number of amides is 2. The molecule has 1 aliphatic carbocycles. The van der Waals surface area contributed by atoms with Crippen molar-refractivity contribution in [3.63, 3.8) is 0 Å². The average molecular weight is 471 g/mol. The molecule has 0 unspecified atom stereocenters. The first kappa shape index (κ1) is 23.3. The normalized spacial score (nSPS) is 21.9. The molecular weight excluding hydrogens is 440 g/mol. The summed E-state index contributed by atoms with van der Waals surface area (Å²) in [6.07, 6.45) is 6.87. The number of carbonyl (C=O) groups excluding carboxylic acids is 2. The Balaban J connectivity index is 1.54. The zero-order valence-corrected chi connectivity index (χ0v) is 20.1. The van der Waals surface area contributed by atoms with Gasteiger partial charge in [0.15, 0.2) is 5.82 Å². The molecule has 1 aliphatic heterocycles. The Bertz CT molecular complexity index is 1060. The molecule has 2 atom stereocenters. The van der Waals surface area contributed by atoms with Gasteiger partial charge in [0.25, 0.3) is 0 Å². The van der Waals surface area contributed by atoms with Crippen molar-refractivity contribution in [3.8, 4) is 0 Å². The highest BCUT2D eigenvalue weighted by atomic mass is 35.5. The van der Waals surface area contributed by atoms with Crippen LogP contribution in [0, 0.1) is 0 Å². The molecular formula is C24H31ClN6O2. The van der Waals surface area contributed by atoms with Crippen molar-refractivity contribution in [1.29, 1.82) is 0 Å². The van der Waals surface area contributed by atoms with Gasteiger partial charge in [0.1, 0.15) is 5.02 Å². The molecule has 2 heterocycles. The Hall–Kier alpha value is -2.87. The van der Waals surface area contributed by atoms with Gasteiger partial charge in [-0.3, -0.25) is 9.59 Å². The van der Waals surface area contributed by atoms with E-state index in [4.69, 9.17) is 11.6 Å². The summed E-state index contributed by atoms with van der Waals surface area (Å²) < 4.78 is 0. The Morgan fingerprint density at radius 1 is 1.21 bits per heavy atom. The zero-order valence-electron chi connectivity index (χ0n) is 19.3. The van der Waals surface area contributed by atoms with E-state index in [0.29, 0.717) is 23.2 Å². The van der Waals surface area contributed by atoms with Gasteiger partial charge in [-0.1, -0.05) is 38.3 Å². The second kappa shape index (κ2) is 9.55. The van der Waals surface area contributed by atoms with Crippen molar-refractivity contribution < 1.29 is 9.59 Å². The van der Waals surface area contributed by atoms with Crippen LogP contribution in [0.25, 0.3) is 0 Å². The maximum atomic E-state index is 12.0. The van der Waals surface area contributed by atoms with E-state index in [1.165, 1.54) is 0 Å². The summed E-state index contributed by atoms with van der Waals surface area (Å²) in [5.41, 5.74) is 2.61. The second-order valence-electron chi connectivity index (χ2n) is 9.55. The lowest BCUT2D eigenvalue weighted by molar-refractivity contribution is -0.120. The molecule has 4 N–H and O–H groups in total. The predicted molar refractivity (Wildman–Crippen MR) is 131 cm³/mol. The third kappa shape index (κ3) is 5.55. The molecule has 176 valence electrons. The molecule has 2 aliphatic rings. The van der Waals surface area contributed by atoms with Crippen molar-refractivity contribution in [3.05, 3.63) is 35.0 Å². The minimum absolute atomic E-state index is 0.0350. The van der Waals surface area contributed by atoms with Gasteiger partial charge >= 0.3 is 0 Å². The van der Waals surface area contributed by atoms with Gasteiger partial charge in [-0.2, -0.15) is 4.98 Å². The Labute approximate surface area is 199 Å². The van der Waals surface area contributed by atoms with Gasteiger partial charge < -0.3 is 21.3 Å². The van der Waals surface area contributed by atoms with E-state index in [1.54, 1.807) is 13.1 Å². The van der Waals surface area contributed by atoms with E-state index < -0.39 is 0 Å². The topological polar surface area (TPSA) is 108 Å². The van der Waals surface area contributed by atoms with Crippen LogP contribution in [0.4, 0.5) is 23.1 Å². The van der Waals surface area contributed by atoms with E-state index in [9.17, 15) is 9.59 Å². The summed E-state index contributed by atoms with van der Waals surface area (Å²) in [4.78, 5) is 32.6. The van der Waals surface area contributed by atoms with E-state index in [1.807, 2.05) is 18.2 Å². The Kier molecular flexibility index (Phi) is 6.74. The summed E-state index contributed by atoms with van der Waals surface area (Å²) in [5.74, 6) is 0.967. The first-order valence-electron chi connectivity index (χ1n) is 11.5. The summed E-state index contributed by atoms with van der Waals surface area (Å²) in [5, 5.41) is 13.1. The number of hydrogen-bond donors (Lipinski definition) is 4. The van der Waals surface area contributed by atoms with Crippen LogP contribution in [-0.4, -0.2) is 33.9 Å². The first-order chi connectivity index (χ1) is 15.7. The maximum absolute atomic E-state index is 12.0. The van der Waals surface area contributed by atoms with E-state index in [2.05, 4.69) is 45.1 Å². The largest absolute Gasteiger partial charge is 0.364 e. The summed E-state index contributed by atoms with van der Waals surface area (Å²) in [6.45, 7) is 5.83. The van der Waals surface area contributed by atoms with Crippen LogP contribution in [0.5, 0.6) is 0 Å². The molecule has 8 nitrogen and oxygen atoms in total. The summed E-state index contributed by atoms with van der Waals surface area (Å²) >= 11 is 6.39. The fraction of sp³-hybridized carbons (Fsp3) is 0.500. The standard InChI is InChI=1S/C24H31ClN6O2/c1-14(32)27-19-6-4-5-7-20(19)30-22-17(25)13-26-23(31-22)28-15-8-9-18-16(12-15)24(2,3)11-10-21(33)29-18/h8-9,12-13,19-20H,4-7,10-11H2,1-3H3,(H,27,32)(H,29,33)(H2,26,28,30,31)/t19-,20-/m1/s1. The van der Waals surface area contributed by atoms with Crippen LogP contribution in [0.15, 0.2) is 24.4 Å². The quantitative estimate of drug-likeness (QED) is 0.502. The van der Waals surface area contributed by atoms with Gasteiger partial charge in [0.2, 0.25) is 17.8 Å². The number of halogens is 1. The molecule has 1 saturated carbocycles. The van der Waals surface area contributed by atoms with Crippen LogP contribution in [0.1, 0.15) is 64.9 Å². The van der Waals surface area contributed by atoms with E-state index in [-0.39, 0.29) is 29.3 Å². The molecule has 1 aromatic heterocycles. The summed E-state index contributed by atoms with van der Waals surface area (Å²) in [7, 11) is 0. The lowest BCUT2D eigenvalue weighted by atomic mass is 9.80. The van der Waals surface area contributed by atoms with Crippen molar-refractivity contribution >= 4 is 46.6 Å². The molecule has 0 spiro atoms. The van der Waals surface area contributed by atoms with Crippen LogP contribution >= 0.6 is 11.6 Å². The fourth-order valence-electron chi connectivity index (χ4n) is 4.64. The van der Waals surface area contributed by atoms with E-state index in [0.717, 1.165) is 49.0 Å². The Morgan fingerprint density at radius 3 is 2.73 bits per heavy atom. The molecule has 1 aromatic carbocycles. The number of nitrogens with zero attached hydrogens (tertiary/aromatic N) is 2. The maximum Gasteiger partial charge on any atom is 0.229 e. The first-order valence-corrected chi connectivity index (χ1v) is 11.9. The highest BCUT2D eigenvalue weighted by molar-refractivity contribution is 6.32. The molecule has 33 heavy (non-hydrogen) atoms. The highest BCUT2D eigenvalue weighted by Crippen LogP contribution is 2.38. The third-order valence-corrected chi connectivity index (χ3v) is 6.75. The van der Waals surface area contributed by atoms with Crippen LogP contribution < -0.4 is 21.3 Å². The minimum Gasteiger partial charge on any atom is -0.364 e. The number of rotatable bonds is 5. The molecule has 2 amide bonds. The predicted octanol–water partition coefficient (Wildman–Crippen LogP) is 4.74. The lowest BCUT2D eigenvalue weighted by Gasteiger charge is -2.33. The molecule has 4 rings (SSSR count). The number of fused-ring (bicyclic) bond motifs is 1. The van der Waals surface area contributed by atoms with Gasteiger partial charge in [-0.15, -0.1) is 0 Å². The van der Waals surface area contributed by atoms with Crippen molar-refractivity contribution in [2.45, 2.75) is 76.8 Å². The highest BCUT2D eigenvalue weighted by Gasteiger charge is 2.29. The zero-order chi connectivity index (χ0) is 23.6. The number of benzene rings is 1. The number of aromatic nitrogens is 2. The second-order valence-corrected chi connectivity index (χ2v) is 9.96. The molecule has 0 saturated heterocycles. The number of carbonyl (C=O) groups is 2. The fourth-order valence-corrected chi connectivity index (χ4v) is 4.78. The molecule has 0 radical (unpaired) electrons. The average Bonchev–Trinajstić information content (AvgIpc) is 2.87. The number of nitrogens with one attached hydrogen (secondary N) is 4. The van der Waals surface area contributed by atoms with Crippen molar-refractivity contribution in [2.75, 3.05) is 16.0 Å². The number of anilines is 4. The van der Waals surface area contributed by atoms with Crippen molar-refractivity contribution in [1.82, 2.24) is 15.3 Å². The minimum atomic E-state index is -0.139. The number of hydrogen-bond acceptors (Lipinski definition) is 6. The van der Waals surface area contributed by atoms with Gasteiger partial charge in [-0.05, 0) is 48.4 Å². The molecule has 0 bridgehead atoms.